The van der Waals surface area contributed by atoms with Crippen LogP contribution in [-0.4, -0.2) is 32.8 Å². The number of anilines is 1. The Kier molecular flexibility index (Phi) is 5.06. The Morgan fingerprint density at radius 2 is 1.88 bits per heavy atom. The highest BCUT2D eigenvalue weighted by Crippen LogP contribution is 2.26. The van der Waals surface area contributed by atoms with Crippen LogP contribution in [0.25, 0.3) is 0 Å². The van der Waals surface area contributed by atoms with Crippen LogP contribution in [0.15, 0.2) is 59.5 Å². The molecule has 2 N–H and O–H groups in total. The maximum absolute atomic E-state index is 13.2. The van der Waals surface area contributed by atoms with Crippen molar-refractivity contribution in [3.8, 4) is 0 Å². The molecule has 0 saturated carbocycles. The lowest BCUT2D eigenvalue weighted by atomic mass is 10.1. The average molecular weight is 380 g/mol. The topological polar surface area (TPSA) is 75.3 Å². The molecule has 0 aliphatic carbocycles. The normalized spacial score (nSPS) is 19.2. The van der Waals surface area contributed by atoms with E-state index in [-0.39, 0.29) is 10.6 Å². The summed E-state index contributed by atoms with van der Waals surface area (Å²) in [6.45, 7) is -0.527. The third kappa shape index (κ3) is 4.44. The maximum atomic E-state index is 13.2. The second kappa shape index (κ2) is 7.13. The predicted molar refractivity (Wildman–Crippen MR) is 93.8 cm³/mol. The average Bonchev–Trinajstić information content (AvgIpc) is 2.96. The van der Waals surface area contributed by atoms with E-state index in [1.165, 1.54) is 18.2 Å². The number of carbonyl (C=O) groups excluding carboxylic acids is 1. The first kappa shape index (κ1) is 18.5. The summed E-state index contributed by atoms with van der Waals surface area (Å²) in [6, 6.07) is 13.5. The van der Waals surface area contributed by atoms with Crippen LogP contribution in [-0.2, 0) is 20.4 Å². The van der Waals surface area contributed by atoms with Gasteiger partial charge in [0, 0.05) is 12.1 Å². The molecule has 1 aliphatic rings. The zero-order chi connectivity index (χ0) is 18.8. The van der Waals surface area contributed by atoms with Crippen molar-refractivity contribution in [1.29, 1.82) is 0 Å². The minimum absolute atomic E-state index is 0.215. The lowest BCUT2D eigenvalue weighted by molar-refractivity contribution is -0.118. The van der Waals surface area contributed by atoms with Gasteiger partial charge in [0.05, 0.1) is 23.2 Å². The summed E-state index contributed by atoms with van der Waals surface area (Å²) in [5.74, 6) is -3.68. The molecule has 0 bridgehead atoms. The minimum Gasteiger partial charge on any atom is -0.325 e. The van der Waals surface area contributed by atoms with Crippen LogP contribution >= 0.6 is 0 Å². The molecule has 2 aromatic carbocycles. The van der Waals surface area contributed by atoms with Crippen LogP contribution in [0.4, 0.5) is 14.5 Å². The van der Waals surface area contributed by atoms with Crippen LogP contribution in [0, 0.1) is 0 Å². The number of halogens is 2. The first-order valence-corrected chi connectivity index (χ1v) is 9.69. The standard InChI is InChI=1S/C18H18F2N2O3S/c19-18(20)10-16(21-12-18)17(23)22-14-6-4-5-13(9-14)11-26(24,25)15-7-2-1-3-8-15/h1-9,16,21H,10-12H2,(H,22,23). The first-order valence-electron chi connectivity index (χ1n) is 8.04. The number of rotatable bonds is 5. The van der Waals surface area contributed by atoms with Crippen molar-refractivity contribution in [1.82, 2.24) is 5.32 Å². The number of amides is 1. The lowest BCUT2D eigenvalue weighted by Gasteiger charge is -2.12. The summed E-state index contributed by atoms with van der Waals surface area (Å²) < 4.78 is 51.3. The number of hydrogen-bond acceptors (Lipinski definition) is 4. The molecule has 1 atom stereocenters. The molecule has 1 amide bonds. The Hall–Kier alpha value is -2.32. The number of alkyl halides is 2. The quantitative estimate of drug-likeness (QED) is 0.836. The van der Waals surface area contributed by atoms with Gasteiger partial charge in [-0.1, -0.05) is 30.3 Å². The maximum Gasteiger partial charge on any atom is 0.262 e. The SMILES string of the molecule is O=C(Nc1cccc(CS(=O)(=O)c2ccccc2)c1)C1CC(F)(F)CN1. The fraction of sp³-hybridized carbons (Fsp3) is 0.278. The highest BCUT2D eigenvalue weighted by Gasteiger charge is 2.42. The van der Waals surface area contributed by atoms with Gasteiger partial charge in [0.2, 0.25) is 5.91 Å². The number of benzene rings is 2. The van der Waals surface area contributed by atoms with Crippen LogP contribution < -0.4 is 10.6 Å². The molecule has 1 saturated heterocycles. The molecule has 8 heteroatoms. The van der Waals surface area contributed by atoms with Crippen molar-refractivity contribution < 1.29 is 22.0 Å². The van der Waals surface area contributed by atoms with Gasteiger partial charge >= 0.3 is 0 Å². The van der Waals surface area contributed by atoms with E-state index in [2.05, 4.69) is 10.6 Å². The molecule has 0 radical (unpaired) electrons. The van der Waals surface area contributed by atoms with Crippen molar-refractivity contribution in [2.45, 2.75) is 29.0 Å². The van der Waals surface area contributed by atoms with Gasteiger partial charge in [0.25, 0.3) is 5.92 Å². The summed E-state index contributed by atoms with van der Waals surface area (Å²) in [5.41, 5.74) is 0.865. The Morgan fingerprint density at radius 3 is 2.54 bits per heavy atom. The minimum atomic E-state index is -3.51. The first-order chi connectivity index (χ1) is 12.3. The van der Waals surface area contributed by atoms with E-state index in [1.807, 2.05) is 0 Å². The van der Waals surface area contributed by atoms with Crippen LogP contribution in [0.5, 0.6) is 0 Å². The monoisotopic (exact) mass is 380 g/mol. The molecule has 26 heavy (non-hydrogen) atoms. The fourth-order valence-corrected chi connectivity index (χ4v) is 4.16. The Morgan fingerprint density at radius 1 is 1.15 bits per heavy atom. The van der Waals surface area contributed by atoms with Gasteiger partial charge in [-0.2, -0.15) is 0 Å². The number of carbonyl (C=O) groups is 1. The van der Waals surface area contributed by atoms with Crippen molar-refractivity contribution >= 4 is 21.4 Å². The third-order valence-corrected chi connectivity index (χ3v) is 5.78. The van der Waals surface area contributed by atoms with E-state index in [0.717, 1.165) is 0 Å². The number of sulfone groups is 1. The molecule has 1 aliphatic heterocycles. The molecular weight excluding hydrogens is 362 g/mol. The van der Waals surface area contributed by atoms with E-state index in [0.29, 0.717) is 11.3 Å². The van der Waals surface area contributed by atoms with Crippen LogP contribution in [0.1, 0.15) is 12.0 Å². The predicted octanol–water partition coefficient (Wildman–Crippen LogP) is 2.60. The summed E-state index contributed by atoms with van der Waals surface area (Å²) in [5, 5.41) is 5.04. The molecule has 1 fully saturated rings. The van der Waals surface area contributed by atoms with Gasteiger partial charge in [-0.3, -0.25) is 10.1 Å². The smallest absolute Gasteiger partial charge is 0.262 e. The third-order valence-electron chi connectivity index (χ3n) is 4.08. The molecular formula is C18H18F2N2O3S. The van der Waals surface area contributed by atoms with Crippen LogP contribution in [0.3, 0.4) is 0 Å². The van der Waals surface area contributed by atoms with E-state index < -0.39 is 40.7 Å². The molecule has 3 rings (SSSR count). The van der Waals surface area contributed by atoms with Crippen LogP contribution in [0.2, 0.25) is 0 Å². The van der Waals surface area contributed by atoms with Gasteiger partial charge < -0.3 is 5.32 Å². The summed E-state index contributed by atoms with van der Waals surface area (Å²) in [6.07, 6.45) is -0.555. The van der Waals surface area contributed by atoms with Crippen molar-refractivity contribution in [3.05, 3.63) is 60.2 Å². The second-order valence-electron chi connectivity index (χ2n) is 6.26. The zero-order valence-corrected chi connectivity index (χ0v) is 14.6. The lowest BCUT2D eigenvalue weighted by Crippen LogP contribution is -2.35. The Balaban J connectivity index is 1.70. The Labute approximate surface area is 150 Å². The van der Waals surface area contributed by atoms with Crippen molar-refractivity contribution in [2.75, 3.05) is 11.9 Å². The number of nitrogens with one attached hydrogen (secondary N) is 2. The van der Waals surface area contributed by atoms with Gasteiger partial charge in [0.1, 0.15) is 0 Å². The van der Waals surface area contributed by atoms with Gasteiger partial charge in [-0.15, -0.1) is 0 Å². The Bertz CT molecular complexity index is 902. The second-order valence-corrected chi connectivity index (χ2v) is 8.24. The fourth-order valence-electron chi connectivity index (χ4n) is 2.80. The van der Waals surface area contributed by atoms with Crippen molar-refractivity contribution in [3.63, 3.8) is 0 Å². The molecule has 1 unspecified atom stereocenters. The molecule has 5 nitrogen and oxygen atoms in total. The molecule has 0 spiro atoms. The van der Waals surface area contributed by atoms with E-state index in [1.54, 1.807) is 36.4 Å². The van der Waals surface area contributed by atoms with E-state index in [9.17, 15) is 22.0 Å². The van der Waals surface area contributed by atoms with E-state index in [4.69, 9.17) is 0 Å². The summed E-state index contributed by atoms with van der Waals surface area (Å²) in [7, 11) is -3.51. The van der Waals surface area contributed by atoms with Gasteiger partial charge in [-0.25, -0.2) is 17.2 Å². The zero-order valence-electron chi connectivity index (χ0n) is 13.8. The van der Waals surface area contributed by atoms with Crippen molar-refractivity contribution in [2.24, 2.45) is 0 Å². The molecule has 0 aromatic heterocycles. The molecule has 2 aromatic rings. The van der Waals surface area contributed by atoms with E-state index >= 15 is 0 Å². The highest BCUT2D eigenvalue weighted by molar-refractivity contribution is 7.90. The molecule has 138 valence electrons. The largest absolute Gasteiger partial charge is 0.325 e. The summed E-state index contributed by atoms with van der Waals surface area (Å²) >= 11 is 0. The molecule has 1 heterocycles. The van der Waals surface area contributed by atoms with Gasteiger partial charge in [0.15, 0.2) is 9.84 Å². The van der Waals surface area contributed by atoms with Gasteiger partial charge in [-0.05, 0) is 29.8 Å². The highest BCUT2D eigenvalue weighted by atomic mass is 32.2. The number of hydrogen-bond donors (Lipinski definition) is 2. The summed E-state index contributed by atoms with van der Waals surface area (Å²) in [4.78, 5) is 12.3.